The number of nitrogens with zero attached hydrogens (tertiary/aromatic N) is 4. The Morgan fingerprint density at radius 2 is 1.12 bits per heavy atom. The summed E-state index contributed by atoms with van der Waals surface area (Å²) in [5.41, 5.74) is 11.6. The number of halogens is 3. The Balaban J connectivity index is 0.000000267. The summed E-state index contributed by atoms with van der Waals surface area (Å²) < 4.78 is 5.97. The van der Waals surface area contributed by atoms with E-state index in [1.165, 1.54) is 59.1 Å². The molecule has 0 radical (unpaired) electrons. The molecule has 0 aliphatic heterocycles. The van der Waals surface area contributed by atoms with Gasteiger partial charge in [-0.15, -0.1) is 23.2 Å². The summed E-state index contributed by atoms with van der Waals surface area (Å²) in [4.78, 5) is 3.79. The first-order valence-electron chi connectivity index (χ1n) is 25.6. The van der Waals surface area contributed by atoms with Crippen molar-refractivity contribution in [3.63, 3.8) is 0 Å². The van der Waals surface area contributed by atoms with Gasteiger partial charge in [-0.05, 0) is 93.9 Å². The minimum absolute atomic E-state index is 0. The van der Waals surface area contributed by atoms with Crippen LogP contribution in [0.3, 0.4) is 0 Å². The van der Waals surface area contributed by atoms with Crippen LogP contribution in [0.5, 0.6) is 0 Å². The number of rotatable bonds is 20. The van der Waals surface area contributed by atoms with Crippen LogP contribution in [0, 0.1) is 6.08 Å². The summed E-state index contributed by atoms with van der Waals surface area (Å²) >= 11 is 11.4. The number of aliphatic hydroxyl groups is 2. The van der Waals surface area contributed by atoms with E-state index in [0.717, 1.165) is 23.2 Å². The quantitative estimate of drug-likeness (QED) is 0.0454. The molecule has 0 fully saturated rings. The lowest BCUT2D eigenvalue weighted by molar-refractivity contribution is -0.687. The third-order valence-corrected chi connectivity index (χ3v) is 13.4. The lowest BCUT2D eigenvalue weighted by atomic mass is 9.84. The van der Waals surface area contributed by atoms with Crippen molar-refractivity contribution in [3.05, 3.63) is 271 Å². The standard InChI is InChI=1S/C24H31N2O.C19H23Cl.C9H9Cl.C8H7.C5H8N2O.ClH/c1-3-22(24-7-5-4-6-8-24)17-20(2)23-11-9-21(10-12-23)18-26-14-13-25(19-26)15-16-27;1-3-17(19-7-5-4-6-8-19)13-15(2)18-11-9-16(14-20)10-12-18;1-2-8-3-5-9(7-10)6-4-8;1-2-8-6-4-3-5-7-8;8-4-3-7-2-1-6-5-7;/h4-14,19-20,22,27H,3,15-18H2,1-2H3;4-12,15,17H,3,13-14H2,1-2H3;2-6H,1,7H2;2-6H,1H2;1-2,5,8H,3-4H2;1H/q+1;;;+1;;/p-1. The number of alkyl halides is 2. The molecule has 390 valence electrons. The molecule has 2 aromatic heterocycles. The molecule has 0 amide bonds. The van der Waals surface area contributed by atoms with Crippen molar-refractivity contribution >= 4 is 29.3 Å². The number of imidazole rings is 2. The monoisotopic (exact) mass is 1050 g/mol. The Morgan fingerprint density at radius 1 is 0.622 bits per heavy atom. The van der Waals surface area contributed by atoms with Crippen LogP contribution in [0.4, 0.5) is 0 Å². The van der Waals surface area contributed by atoms with E-state index in [-0.39, 0.29) is 25.6 Å². The average molecular weight is 1050 g/mol. The second-order valence-corrected chi connectivity index (χ2v) is 18.6. The zero-order chi connectivity index (χ0) is 52.5. The van der Waals surface area contributed by atoms with E-state index < -0.39 is 0 Å². The second kappa shape index (κ2) is 36.8. The predicted molar refractivity (Wildman–Crippen MR) is 309 cm³/mol. The molecule has 9 heteroatoms. The molecule has 1 aliphatic carbocycles. The van der Waals surface area contributed by atoms with Crippen LogP contribution >= 0.6 is 23.2 Å². The lowest BCUT2D eigenvalue weighted by Gasteiger charge is -2.20. The van der Waals surface area contributed by atoms with E-state index >= 15 is 0 Å². The van der Waals surface area contributed by atoms with Gasteiger partial charge in [0, 0.05) is 61.1 Å². The highest BCUT2D eigenvalue weighted by atomic mass is 35.5. The van der Waals surface area contributed by atoms with Crippen LogP contribution in [0.2, 0.25) is 0 Å². The van der Waals surface area contributed by atoms with Crippen molar-refractivity contribution in [1.29, 1.82) is 0 Å². The summed E-state index contributed by atoms with van der Waals surface area (Å²) in [7, 11) is 0. The van der Waals surface area contributed by atoms with Crippen molar-refractivity contribution in [2.75, 3.05) is 13.2 Å². The van der Waals surface area contributed by atoms with E-state index in [0.29, 0.717) is 48.5 Å². The summed E-state index contributed by atoms with van der Waals surface area (Å²) in [6.45, 7) is 19.0. The molecule has 4 atom stereocenters. The number of allylic oxidation sites excluding steroid dienone is 7. The summed E-state index contributed by atoms with van der Waals surface area (Å²) in [5, 5.41) is 17.4. The van der Waals surface area contributed by atoms with E-state index in [1.807, 2.05) is 82.5 Å². The molecule has 0 saturated carbocycles. The minimum Gasteiger partial charge on any atom is -1.00 e. The zero-order valence-corrected chi connectivity index (χ0v) is 46.2. The van der Waals surface area contributed by atoms with E-state index in [1.54, 1.807) is 18.6 Å². The van der Waals surface area contributed by atoms with Gasteiger partial charge in [0.15, 0.2) is 0 Å². The smallest absolute Gasteiger partial charge is 0.244 e. The van der Waals surface area contributed by atoms with Crippen LogP contribution in [-0.2, 0) is 31.4 Å². The lowest BCUT2D eigenvalue weighted by Crippen LogP contribution is -3.00. The first kappa shape index (κ1) is 62.2. The fourth-order valence-electron chi connectivity index (χ4n) is 8.34. The molecule has 1 aliphatic rings. The van der Waals surface area contributed by atoms with Gasteiger partial charge in [0.2, 0.25) is 6.33 Å². The highest BCUT2D eigenvalue weighted by Gasteiger charge is 2.17. The van der Waals surface area contributed by atoms with Crippen molar-refractivity contribution in [1.82, 2.24) is 14.1 Å². The van der Waals surface area contributed by atoms with Crippen LogP contribution in [0.1, 0.15) is 122 Å². The SMILES string of the molecule is C=CC1=CC=CC=[C+]1.C=Cc1ccc(CCl)cc1.CCC(CC(C)c1ccc(CCl)cc1)c1ccccc1.CCC(CC(C)c1ccc(C[n+]2ccn(CCO)c2)cc1)c1ccccc1.OCCn1ccnc1.[Cl-]. The van der Waals surface area contributed by atoms with Crippen LogP contribution in [0.25, 0.3) is 6.08 Å². The molecule has 2 heterocycles. The summed E-state index contributed by atoms with van der Waals surface area (Å²) in [6.07, 6.45) is 30.4. The normalized spacial score (nSPS) is 12.6. The Bertz CT molecular complexity index is 2620. The molecule has 0 saturated heterocycles. The van der Waals surface area contributed by atoms with Gasteiger partial charge in [-0.1, -0.05) is 180 Å². The van der Waals surface area contributed by atoms with Gasteiger partial charge in [-0.25, -0.2) is 14.1 Å². The molecule has 0 spiro atoms. The maximum absolute atomic E-state index is 9.02. The Hall–Kier alpha value is -6.08. The van der Waals surface area contributed by atoms with Crippen LogP contribution < -0.4 is 17.0 Å². The summed E-state index contributed by atoms with van der Waals surface area (Å²) in [6, 6.07) is 47.5. The molecule has 6 nitrogen and oxygen atoms in total. The maximum atomic E-state index is 9.02. The molecular formula is C65H78Cl3N4O2+. The zero-order valence-electron chi connectivity index (χ0n) is 43.9. The second-order valence-electron chi connectivity index (χ2n) is 18.1. The third kappa shape index (κ3) is 23.0. The Kier molecular flexibility index (Phi) is 30.9. The first-order chi connectivity index (χ1) is 35.7. The van der Waals surface area contributed by atoms with Gasteiger partial charge in [0.1, 0.15) is 31.1 Å². The predicted octanol–water partition coefficient (Wildman–Crippen LogP) is 12.6. The fraction of sp³-hybridized carbons (Fsp3) is 0.292. The van der Waals surface area contributed by atoms with Crippen molar-refractivity contribution in [2.45, 2.75) is 108 Å². The number of aromatic nitrogens is 4. The number of benzene rings is 5. The largest absolute Gasteiger partial charge is 1.00 e. The molecule has 0 bridgehead atoms. The highest BCUT2D eigenvalue weighted by Crippen LogP contribution is 2.33. The van der Waals surface area contributed by atoms with E-state index in [4.69, 9.17) is 33.4 Å². The molecule has 2 N–H and O–H groups in total. The fourth-order valence-corrected chi connectivity index (χ4v) is 8.70. The molecule has 5 aromatic carbocycles. The number of aliphatic hydroxyl groups excluding tert-OH is 2. The van der Waals surface area contributed by atoms with Gasteiger partial charge in [0.25, 0.3) is 0 Å². The van der Waals surface area contributed by atoms with Crippen LogP contribution in [0.15, 0.2) is 220 Å². The van der Waals surface area contributed by atoms with Gasteiger partial charge in [-0.3, -0.25) is 0 Å². The molecule has 4 unspecified atom stereocenters. The number of hydrogen-bond donors (Lipinski definition) is 2. The first-order valence-corrected chi connectivity index (χ1v) is 26.7. The molecule has 74 heavy (non-hydrogen) atoms. The Labute approximate surface area is 460 Å². The van der Waals surface area contributed by atoms with Gasteiger partial charge in [0.05, 0.1) is 25.6 Å². The van der Waals surface area contributed by atoms with Gasteiger partial charge in [-0.2, -0.15) is 0 Å². The van der Waals surface area contributed by atoms with E-state index in [2.05, 4.69) is 172 Å². The average Bonchev–Trinajstić information content (AvgIpc) is 4.15. The van der Waals surface area contributed by atoms with Crippen LogP contribution in [-0.4, -0.2) is 37.5 Å². The number of hydrogen-bond acceptors (Lipinski definition) is 3. The Morgan fingerprint density at radius 3 is 1.53 bits per heavy atom. The van der Waals surface area contributed by atoms with Crippen molar-refractivity contribution in [2.24, 2.45) is 0 Å². The highest BCUT2D eigenvalue weighted by molar-refractivity contribution is 6.17. The maximum Gasteiger partial charge on any atom is 0.244 e. The summed E-state index contributed by atoms with van der Waals surface area (Å²) in [5.74, 6) is 3.54. The van der Waals surface area contributed by atoms with Gasteiger partial charge < -0.3 is 27.2 Å². The molecule has 8 rings (SSSR count). The van der Waals surface area contributed by atoms with Gasteiger partial charge >= 0.3 is 0 Å². The minimum atomic E-state index is 0. The third-order valence-electron chi connectivity index (χ3n) is 12.8. The molecular weight excluding hydrogens is 975 g/mol. The molecule has 7 aromatic rings. The van der Waals surface area contributed by atoms with E-state index in [9.17, 15) is 0 Å². The topological polar surface area (TPSA) is 67.1 Å². The van der Waals surface area contributed by atoms with Crippen molar-refractivity contribution < 1.29 is 27.2 Å². The van der Waals surface area contributed by atoms with Crippen molar-refractivity contribution in [3.8, 4) is 0 Å².